The standard InChI is InChI=1S/C15H24N2O4S/c1-11(14(18)16-15(2,3)4)17(22(6,19)20)12-7-9-13(21-5)10-8-12/h7-11H,1-6H3,(H,16,18)/t11-/m0/s1. The molecule has 0 heterocycles. The lowest BCUT2D eigenvalue weighted by Crippen LogP contribution is -2.52. The fraction of sp³-hybridized carbons (Fsp3) is 0.533. The number of nitrogens with one attached hydrogen (secondary N) is 1. The van der Waals surface area contributed by atoms with Crippen LogP contribution in [0.1, 0.15) is 27.7 Å². The van der Waals surface area contributed by atoms with Crippen molar-refractivity contribution in [3.63, 3.8) is 0 Å². The minimum Gasteiger partial charge on any atom is -0.497 e. The molecule has 7 heteroatoms. The number of ether oxygens (including phenoxy) is 1. The molecule has 22 heavy (non-hydrogen) atoms. The van der Waals surface area contributed by atoms with E-state index in [9.17, 15) is 13.2 Å². The van der Waals surface area contributed by atoms with E-state index in [0.717, 1.165) is 10.6 Å². The van der Waals surface area contributed by atoms with Crippen LogP contribution in [0.3, 0.4) is 0 Å². The van der Waals surface area contributed by atoms with Crippen LogP contribution < -0.4 is 14.4 Å². The van der Waals surface area contributed by atoms with Crippen molar-refractivity contribution < 1.29 is 17.9 Å². The van der Waals surface area contributed by atoms with Crippen molar-refractivity contribution in [1.29, 1.82) is 0 Å². The normalized spacial score (nSPS) is 13.4. The van der Waals surface area contributed by atoms with Crippen molar-refractivity contribution >= 4 is 21.6 Å². The number of anilines is 1. The predicted octanol–water partition coefficient (Wildman–Crippen LogP) is 1.76. The summed E-state index contributed by atoms with van der Waals surface area (Å²) >= 11 is 0. The lowest BCUT2D eigenvalue weighted by atomic mass is 10.1. The number of carbonyl (C=O) groups is 1. The minimum atomic E-state index is -3.61. The van der Waals surface area contributed by atoms with Gasteiger partial charge in [0, 0.05) is 5.54 Å². The highest BCUT2D eigenvalue weighted by Gasteiger charge is 2.30. The summed E-state index contributed by atoms with van der Waals surface area (Å²) in [4.78, 5) is 12.3. The van der Waals surface area contributed by atoms with E-state index in [1.54, 1.807) is 31.2 Å². The Kier molecular flexibility index (Phi) is 5.45. The average molecular weight is 328 g/mol. The molecule has 124 valence electrons. The van der Waals surface area contributed by atoms with Crippen LogP contribution >= 0.6 is 0 Å². The molecule has 0 saturated carbocycles. The highest BCUT2D eigenvalue weighted by Crippen LogP contribution is 2.24. The summed E-state index contributed by atoms with van der Waals surface area (Å²) in [6.07, 6.45) is 1.08. The van der Waals surface area contributed by atoms with Crippen LogP contribution in [0.5, 0.6) is 5.75 Å². The zero-order valence-corrected chi connectivity index (χ0v) is 14.7. The van der Waals surface area contributed by atoms with Crippen molar-refractivity contribution in [2.45, 2.75) is 39.3 Å². The van der Waals surface area contributed by atoms with Gasteiger partial charge in [0.15, 0.2) is 0 Å². The van der Waals surface area contributed by atoms with Gasteiger partial charge in [0.05, 0.1) is 19.1 Å². The second kappa shape index (κ2) is 6.56. The molecule has 0 saturated heterocycles. The number of rotatable bonds is 5. The van der Waals surface area contributed by atoms with Gasteiger partial charge in [-0.3, -0.25) is 9.10 Å². The molecular formula is C15H24N2O4S. The molecule has 1 amide bonds. The van der Waals surface area contributed by atoms with Gasteiger partial charge in [0.25, 0.3) is 0 Å². The van der Waals surface area contributed by atoms with E-state index >= 15 is 0 Å². The molecule has 0 fully saturated rings. The van der Waals surface area contributed by atoms with E-state index in [2.05, 4.69) is 5.32 Å². The van der Waals surface area contributed by atoms with E-state index in [1.807, 2.05) is 20.8 Å². The van der Waals surface area contributed by atoms with Crippen LogP contribution in [0.15, 0.2) is 24.3 Å². The Morgan fingerprint density at radius 1 is 1.23 bits per heavy atom. The fourth-order valence-electron chi connectivity index (χ4n) is 2.01. The van der Waals surface area contributed by atoms with Gasteiger partial charge in [-0.1, -0.05) is 0 Å². The molecule has 0 aliphatic carbocycles. The first kappa shape index (κ1) is 18.3. The van der Waals surface area contributed by atoms with Gasteiger partial charge < -0.3 is 10.1 Å². The zero-order chi connectivity index (χ0) is 17.1. The monoisotopic (exact) mass is 328 g/mol. The Labute approximate surface area is 132 Å². The highest BCUT2D eigenvalue weighted by molar-refractivity contribution is 7.92. The molecule has 1 rings (SSSR count). The zero-order valence-electron chi connectivity index (χ0n) is 13.9. The molecule has 0 unspecified atom stereocenters. The number of methoxy groups -OCH3 is 1. The quantitative estimate of drug-likeness (QED) is 0.894. The number of nitrogens with zero attached hydrogens (tertiary/aromatic N) is 1. The van der Waals surface area contributed by atoms with Gasteiger partial charge in [0.1, 0.15) is 11.8 Å². The van der Waals surface area contributed by atoms with E-state index in [4.69, 9.17) is 4.74 Å². The third-order valence-electron chi connectivity index (χ3n) is 2.91. The van der Waals surface area contributed by atoms with Crippen molar-refractivity contribution in [3.05, 3.63) is 24.3 Å². The molecule has 6 nitrogen and oxygen atoms in total. The van der Waals surface area contributed by atoms with E-state index < -0.39 is 21.6 Å². The molecule has 0 spiro atoms. The lowest BCUT2D eigenvalue weighted by molar-refractivity contribution is -0.123. The Morgan fingerprint density at radius 3 is 2.09 bits per heavy atom. The Bertz CT molecular complexity index is 618. The van der Waals surface area contributed by atoms with Crippen LogP contribution in [-0.4, -0.2) is 39.3 Å². The van der Waals surface area contributed by atoms with Gasteiger partial charge in [0.2, 0.25) is 15.9 Å². The Morgan fingerprint density at radius 2 is 1.73 bits per heavy atom. The molecule has 1 atom stereocenters. The van der Waals surface area contributed by atoms with Gasteiger partial charge in [-0.05, 0) is 52.0 Å². The number of carbonyl (C=O) groups excluding carboxylic acids is 1. The highest BCUT2D eigenvalue weighted by atomic mass is 32.2. The van der Waals surface area contributed by atoms with Gasteiger partial charge in [-0.2, -0.15) is 0 Å². The summed E-state index contributed by atoms with van der Waals surface area (Å²) < 4.78 is 30.4. The largest absolute Gasteiger partial charge is 0.497 e. The second-order valence-corrected chi connectivity index (χ2v) is 8.03. The predicted molar refractivity (Wildman–Crippen MR) is 87.7 cm³/mol. The first-order valence-corrected chi connectivity index (χ1v) is 8.76. The summed E-state index contributed by atoms with van der Waals surface area (Å²) in [5.41, 5.74) is -0.0196. The van der Waals surface area contributed by atoms with Crippen molar-refractivity contribution in [2.24, 2.45) is 0 Å². The molecule has 1 aromatic carbocycles. The van der Waals surface area contributed by atoms with Crippen LogP contribution in [0.25, 0.3) is 0 Å². The van der Waals surface area contributed by atoms with E-state index in [0.29, 0.717) is 11.4 Å². The number of hydrogen-bond acceptors (Lipinski definition) is 4. The number of sulfonamides is 1. The minimum absolute atomic E-state index is 0.353. The Hall–Kier alpha value is -1.76. The van der Waals surface area contributed by atoms with Crippen LogP contribution in [-0.2, 0) is 14.8 Å². The van der Waals surface area contributed by atoms with Gasteiger partial charge >= 0.3 is 0 Å². The fourth-order valence-corrected chi connectivity index (χ4v) is 3.19. The third kappa shape index (κ3) is 4.91. The maximum Gasteiger partial charge on any atom is 0.244 e. The Balaban J connectivity index is 3.15. The molecule has 0 radical (unpaired) electrons. The first-order chi connectivity index (χ1) is 9.95. The van der Waals surface area contributed by atoms with Crippen LogP contribution in [0.4, 0.5) is 5.69 Å². The van der Waals surface area contributed by atoms with Gasteiger partial charge in [-0.15, -0.1) is 0 Å². The molecular weight excluding hydrogens is 304 g/mol. The smallest absolute Gasteiger partial charge is 0.244 e. The van der Waals surface area contributed by atoms with Crippen molar-refractivity contribution in [1.82, 2.24) is 5.32 Å². The summed E-state index contributed by atoms with van der Waals surface area (Å²) in [7, 11) is -2.08. The molecule has 0 bridgehead atoms. The SMILES string of the molecule is COc1ccc(N([C@@H](C)C(=O)NC(C)(C)C)S(C)(=O)=O)cc1. The molecule has 1 N–H and O–H groups in total. The molecule has 0 aliphatic rings. The third-order valence-corrected chi connectivity index (χ3v) is 4.16. The van der Waals surface area contributed by atoms with E-state index in [-0.39, 0.29) is 5.91 Å². The molecule has 0 aliphatic heterocycles. The van der Waals surface area contributed by atoms with Crippen molar-refractivity contribution in [2.75, 3.05) is 17.7 Å². The maximum atomic E-state index is 12.3. The summed E-state index contributed by atoms with van der Waals surface area (Å²) in [6, 6.07) is 5.67. The molecule has 1 aromatic rings. The van der Waals surface area contributed by atoms with E-state index in [1.165, 1.54) is 7.11 Å². The van der Waals surface area contributed by atoms with Crippen LogP contribution in [0.2, 0.25) is 0 Å². The summed E-state index contributed by atoms with van der Waals surface area (Å²) in [5.74, 6) is 0.262. The van der Waals surface area contributed by atoms with Crippen LogP contribution in [0, 0.1) is 0 Å². The molecule has 0 aromatic heterocycles. The average Bonchev–Trinajstić information content (AvgIpc) is 2.36. The lowest BCUT2D eigenvalue weighted by Gasteiger charge is -2.31. The maximum absolute atomic E-state index is 12.3. The number of benzene rings is 1. The number of hydrogen-bond donors (Lipinski definition) is 1. The second-order valence-electron chi connectivity index (χ2n) is 6.17. The first-order valence-electron chi connectivity index (χ1n) is 6.91. The summed E-state index contributed by atoms with van der Waals surface area (Å²) in [5, 5.41) is 2.79. The topological polar surface area (TPSA) is 75.7 Å². The van der Waals surface area contributed by atoms with Gasteiger partial charge in [-0.25, -0.2) is 8.42 Å². The summed E-state index contributed by atoms with van der Waals surface area (Å²) in [6.45, 7) is 7.09. The van der Waals surface area contributed by atoms with Crippen molar-refractivity contribution in [3.8, 4) is 5.75 Å². The number of amides is 1.